The fourth-order valence-electron chi connectivity index (χ4n) is 2.43. The van der Waals surface area contributed by atoms with Gasteiger partial charge in [-0.05, 0) is 12.1 Å². The number of phenols is 3. The number of aromatic hydroxyl groups is 3. The van der Waals surface area contributed by atoms with E-state index in [0.29, 0.717) is 5.56 Å². The van der Waals surface area contributed by atoms with Crippen molar-refractivity contribution in [3.63, 3.8) is 0 Å². The zero-order chi connectivity index (χ0) is 17.4. The van der Waals surface area contributed by atoms with Crippen LogP contribution in [0.3, 0.4) is 0 Å². The summed E-state index contributed by atoms with van der Waals surface area (Å²) < 4.78 is 15.8. The maximum absolute atomic E-state index is 12.3. The largest absolute Gasteiger partial charge is 0.508 e. The molecule has 0 saturated heterocycles. The summed E-state index contributed by atoms with van der Waals surface area (Å²) >= 11 is 0. The quantitative estimate of drug-likeness (QED) is 0.653. The third-order valence-electron chi connectivity index (χ3n) is 3.56. The predicted octanol–water partition coefficient (Wildman–Crippen LogP) is 3.02. The molecule has 25 heavy (non-hydrogen) atoms. The SMILES string of the molecule is COc1cc(-c2cc(=O)c3c(O)cc(O)cc3o2)cc(OC)c1O.Cl. The molecule has 0 saturated carbocycles. The second-order valence-electron chi connectivity index (χ2n) is 5.04. The van der Waals surface area contributed by atoms with E-state index in [2.05, 4.69) is 0 Å². The summed E-state index contributed by atoms with van der Waals surface area (Å²) in [5.41, 5.74) is -0.0286. The molecule has 0 amide bonds. The Kier molecular flexibility index (Phi) is 4.99. The van der Waals surface area contributed by atoms with Gasteiger partial charge in [0.1, 0.15) is 28.2 Å². The topological polar surface area (TPSA) is 109 Å². The molecular weight excluding hydrogens is 352 g/mol. The molecule has 3 aromatic rings. The highest BCUT2D eigenvalue weighted by molar-refractivity contribution is 5.86. The number of phenolic OH excluding ortho intramolecular Hbond substituents is 3. The maximum atomic E-state index is 12.3. The third kappa shape index (κ3) is 3.14. The normalized spacial score (nSPS) is 10.3. The van der Waals surface area contributed by atoms with Crippen molar-refractivity contribution in [2.24, 2.45) is 0 Å². The van der Waals surface area contributed by atoms with Crippen molar-refractivity contribution in [2.45, 2.75) is 0 Å². The van der Waals surface area contributed by atoms with Crippen molar-refractivity contribution < 1.29 is 29.2 Å². The smallest absolute Gasteiger partial charge is 0.200 e. The predicted molar refractivity (Wildman–Crippen MR) is 93.3 cm³/mol. The van der Waals surface area contributed by atoms with Crippen LogP contribution in [-0.2, 0) is 0 Å². The molecule has 0 fully saturated rings. The van der Waals surface area contributed by atoms with Gasteiger partial charge in [-0.25, -0.2) is 0 Å². The van der Waals surface area contributed by atoms with Crippen molar-refractivity contribution in [3.05, 3.63) is 40.6 Å². The molecule has 1 heterocycles. The maximum Gasteiger partial charge on any atom is 0.200 e. The molecule has 3 N–H and O–H groups in total. The molecule has 0 radical (unpaired) electrons. The lowest BCUT2D eigenvalue weighted by Gasteiger charge is -2.11. The second-order valence-corrected chi connectivity index (χ2v) is 5.04. The van der Waals surface area contributed by atoms with E-state index in [1.165, 1.54) is 38.5 Å². The third-order valence-corrected chi connectivity index (χ3v) is 3.56. The fraction of sp³-hybridized carbons (Fsp3) is 0.118. The molecule has 1 aromatic heterocycles. The van der Waals surface area contributed by atoms with E-state index in [-0.39, 0.29) is 57.9 Å². The first-order valence-electron chi connectivity index (χ1n) is 6.89. The number of benzene rings is 2. The van der Waals surface area contributed by atoms with Crippen molar-refractivity contribution >= 4 is 23.4 Å². The van der Waals surface area contributed by atoms with Crippen molar-refractivity contribution in [1.29, 1.82) is 0 Å². The molecule has 0 atom stereocenters. The summed E-state index contributed by atoms with van der Waals surface area (Å²) in [4.78, 5) is 12.3. The molecule has 7 nitrogen and oxygen atoms in total. The van der Waals surface area contributed by atoms with Crippen molar-refractivity contribution in [3.8, 4) is 40.1 Å². The average Bonchev–Trinajstić information content (AvgIpc) is 2.53. The van der Waals surface area contributed by atoms with Gasteiger partial charge in [-0.2, -0.15) is 0 Å². The summed E-state index contributed by atoms with van der Waals surface area (Å²) in [7, 11) is 2.76. The number of methoxy groups -OCH3 is 2. The van der Waals surface area contributed by atoms with E-state index >= 15 is 0 Å². The van der Waals surface area contributed by atoms with Crippen LogP contribution >= 0.6 is 12.4 Å². The van der Waals surface area contributed by atoms with Crippen LogP contribution in [0, 0.1) is 0 Å². The Morgan fingerprint density at radius 3 is 2.08 bits per heavy atom. The van der Waals surface area contributed by atoms with Crippen LogP contribution in [0.15, 0.2) is 39.5 Å². The first-order chi connectivity index (χ1) is 11.4. The van der Waals surface area contributed by atoms with Crippen LogP contribution < -0.4 is 14.9 Å². The Labute approximate surface area is 148 Å². The zero-order valence-electron chi connectivity index (χ0n) is 13.3. The second kappa shape index (κ2) is 6.82. The molecule has 0 aliphatic rings. The number of fused-ring (bicyclic) bond motifs is 1. The molecule has 3 rings (SSSR count). The van der Waals surface area contributed by atoms with E-state index in [1.54, 1.807) is 0 Å². The van der Waals surface area contributed by atoms with E-state index in [0.717, 1.165) is 6.07 Å². The lowest BCUT2D eigenvalue weighted by atomic mass is 10.1. The Bertz CT molecular complexity index is 969. The number of halogens is 1. The lowest BCUT2D eigenvalue weighted by molar-refractivity contribution is 0.340. The van der Waals surface area contributed by atoms with Gasteiger partial charge in [0.2, 0.25) is 5.75 Å². The summed E-state index contributed by atoms with van der Waals surface area (Å²) in [6.07, 6.45) is 0. The van der Waals surface area contributed by atoms with Gasteiger partial charge in [0, 0.05) is 23.8 Å². The Morgan fingerprint density at radius 2 is 1.52 bits per heavy atom. The first kappa shape index (κ1) is 18.3. The molecule has 8 heteroatoms. The van der Waals surface area contributed by atoms with Gasteiger partial charge >= 0.3 is 0 Å². The van der Waals surface area contributed by atoms with Gasteiger partial charge in [-0.15, -0.1) is 12.4 Å². The van der Waals surface area contributed by atoms with E-state index in [4.69, 9.17) is 13.9 Å². The average molecular weight is 367 g/mol. The van der Waals surface area contributed by atoms with Gasteiger partial charge < -0.3 is 29.2 Å². The zero-order valence-corrected chi connectivity index (χ0v) is 14.1. The molecule has 0 unspecified atom stereocenters. The summed E-state index contributed by atoms with van der Waals surface area (Å²) in [6.45, 7) is 0. The van der Waals surface area contributed by atoms with E-state index in [1.807, 2.05) is 0 Å². The van der Waals surface area contributed by atoms with Gasteiger partial charge in [0.05, 0.1) is 14.2 Å². The highest BCUT2D eigenvalue weighted by Crippen LogP contribution is 2.40. The molecule has 0 aliphatic heterocycles. The summed E-state index contributed by atoms with van der Waals surface area (Å²) in [6, 6.07) is 6.44. The number of rotatable bonds is 3. The highest BCUT2D eigenvalue weighted by Gasteiger charge is 2.16. The number of hydrogen-bond donors (Lipinski definition) is 3. The minimum absolute atomic E-state index is 0. The van der Waals surface area contributed by atoms with Crippen molar-refractivity contribution in [2.75, 3.05) is 14.2 Å². The van der Waals surface area contributed by atoms with Crippen LogP contribution in [0.2, 0.25) is 0 Å². The highest BCUT2D eigenvalue weighted by atomic mass is 35.5. The molecule has 2 aromatic carbocycles. The number of ether oxygens (including phenoxy) is 2. The minimum atomic E-state index is -0.477. The van der Waals surface area contributed by atoms with Gasteiger partial charge in [0.15, 0.2) is 16.9 Å². The van der Waals surface area contributed by atoms with Crippen LogP contribution in [-0.4, -0.2) is 29.5 Å². The standard InChI is InChI=1S/C17H14O7.ClH/c1-22-14-3-8(4-15(23-2)17(14)21)12-7-11(20)16-10(19)5-9(18)6-13(16)24-12;/h3-7,18-19,21H,1-2H3;1H. The van der Waals surface area contributed by atoms with Crippen LogP contribution in [0.25, 0.3) is 22.3 Å². The Hall–Kier alpha value is -3.06. The van der Waals surface area contributed by atoms with Crippen LogP contribution in [0.5, 0.6) is 28.7 Å². The minimum Gasteiger partial charge on any atom is -0.508 e. The molecule has 0 aliphatic carbocycles. The molecule has 0 spiro atoms. The summed E-state index contributed by atoms with van der Waals surface area (Å²) in [5, 5.41) is 29.3. The number of hydrogen-bond acceptors (Lipinski definition) is 7. The monoisotopic (exact) mass is 366 g/mol. The van der Waals surface area contributed by atoms with Gasteiger partial charge in [-0.3, -0.25) is 4.79 Å². The van der Waals surface area contributed by atoms with Gasteiger partial charge in [0.25, 0.3) is 0 Å². The van der Waals surface area contributed by atoms with Crippen molar-refractivity contribution in [1.82, 2.24) is 0 Å². The summed E-state index contributed by atoms with van der Waals surface area (Å²) in [5.74, 6) is -0.333. The van der Waals surface area contributed by atoms with E-state index < -0.39 is 5.43 Å². The molecular formula is C17H15ClO7. The molecule has 132 valence electrons. The van der Waals surface area contributed by atoms with Gasteiger partial charge in [-0.1, -0.05) is 0 Å². The Morgan fingerprint density at radius 1 is 0.920 bits per heavy atom. The lowest BCUT2D eigenvalue weighted by Crippen LogP contribution is -2.01. The fourth-order valence-corrected chi connectivity index (χ4v) is 2.43. The first-order valence-corrected chi connectivity index (χ1v) is 6.89. The molecule has 0 bridgehead atoms. The Balaban J connectivity index is 0.00000225. The van der Waals surface area contributed by atoms with Crippen LogP contribution in [0.1, 0.15) is 0 Å². The van der Waals surface area contributed by atoms with E-state index in [9.17, 15) is 20.1 Å². The van der Waals surface area contributed by atoms with Crippen LogP contribution in [0.4, 0.5) is 0 Å².